The van der Waals surface area contributed by atoms with Gasteiger partial charge in [0, 0.05) is 6.54 Å². The third-order valence-corrected chi connectivity index (χ3v) is 2.68. The van der Waals surface area contributed by atoms with E-state index in [2.05, 4.69) is 5.32 Å². The molecule has 3 nitrogen and oxygen atoms in total. The number of rotatable bonds is 3. The Morgan fingerprint density at radius 2 is 1.79 bits per heavy atom. The summed E-state index contributed by atoms with van der Waals surface area (Å²) < 4.78 is 26.6. The molecule has 0 aliphatic carbocycles. The van der Waals surface area contributed by atoms with Gasteiger partial charge in [0.2, 0.25) is 0 Å². The largest absolute Gasteiger partial charge is 0.397 e. The molecule has 2 rings (SSSR count). The van der Waals surface area contributed by atoms with E-state index in [-0.39, 0.29) is 17.9 Å². The zero-order chi connectivity index (χ0) is 13.8. The van der Waals surface area contributed by atoms with Gasteiger partial charge in [0.25, 0.3) is 0 Å². The van der Waals surface area contributed by atoms with Crippen LogP contribution in [-0.2, 0) is 6.54 Å². The van der Waals surface area contributed by atoms with Gasteiger partial charge >= 0.3 is 0 Å². The number of nitrogens with one attached hydrogen (secondary N) is 1. The minimum Gasteiger partial charge on any atom is -0.397 e. The molecule has 0 amide bonds. The van der Waals surface area contributed by atoms with E-state index in [0.717, 1.165) is 11.6 Å². The summed E-state index contributed by atoms with van der Waals surface area (Å²) in [5.41, 5.74) is 7.06. The van der Waals surface area contributed by atoms with E-state index >= 15 is 0 Å². The average Bonchev–Trinajstić information content (AvgIpc) is 2.44. The molecule has 3 N–H and O–H groups in total. The second-order valence-electron chi connectivity index (χ2n) is 3.99. The van der Waals surface area contributed by atoms with Gasteiger partial charge in [0.15, 0.2) is 11.6 Å². The summed E-state index contributed by atoms with van der Waals surface area (Å²) in [4.78, 5) is 0. The van der Waals surface area contributed by atoms with Crippen molar-refractivity contribution in [1.82, 2.24) is 0 Å². The minimum absolute atomic E-state index is 0.0515. The third-order valence-electron chi connectivity index (χ3n) is 2.68. The summed E-state index contributed by atoms with van der Waals surface area (Å²) in [5.74, 6) is -1.94. The Bertz CT molecular complexity index is 630. The minimum atomic E-state index is -0.992. The van der Waals surface area contributed by atoms with E-state index in [4.69, 9.17) is 11.0 Å². The lowest BCUT2D eigenvalue weighted by Crippen LogP contribution is -2.06. The van der Waals surface area contributed by atoms with Crippen molar-refractivity contribution in [2.24, 2.45) is 0 Å². The smallest absolute Gasteiger partial charge is 0.183 e. The van der Waals surface area contributed by atoms with E-state index in [9.17, 15) is 8.78 Å². The maximum Gasteiger partial charge on any atom is 0.183 e. The zero-order valence-electron chi connectivity index (χ0n) is 9.95. The van der Waals surface area contributed by atoms with Crippen molar-refractivity contribution >= 4 is 11.4 Å². The van der Waals surface area contributed by atoms with Gasteiger partial charge in [0.1, 0.15) is 0 Å². The maximum atomic E-state index is 13.5. The summed E-state index contributed by atoms with van der Waals surface area (Å²) in [6.45, 7) is 0.288. The fraction of sp³-hybridized carbons (Fsp3) is 0.0714. The number of hydrogen-bond acceptors (Lipinski definition) is 3. The molecule has 0 radical (unpaired) electrons. The molecule has 0 aromatic heterocycles. The van der Waals surface area contributed by atoms with Crippen molar-refractivity contribution < 1.29 is 8.78 Å². The van der Waals surface area contributed by atoms with Crippen molar-refractivity contribution in [1.29, 1.82) is 5.26 Å². The van der Waals surface area contributed by atoms with Gasteiger partial charge in [-0.15, -0.1) is 0 Å². The maximum absolute atomic E-state index is 13.5. The molecule has 0 aliphatic rings. The lowest BCUT2D eigenvalue weighted by Gasteiger charge is -2.11. The summed E-state index contributed by atoms with van der Waals surface area (Å²) >= 11 is 0. The highest BCUT2D eigenvalue weighted by Crippen LogP contribution is 2.25. The number of hydrogen-bond donors (Lipinski definition) is 2. The first kappa shape index (κ1) is 12.8. The number of benzene rings is 2. The molecule has 0 saturated heterocycles. The van der Waals surface area contributed by atoms with Crippen molar-refractivity contribution in [2.45, 2.75) is 6.54 Å². The van der Waals surface area contributed by atoms with E-state index in [0.29, 0.717) is 5.56 Å². The lowest BCUT2D eigenvalue weighted by molar-refractivity contribution is 0.511. The first-order chi connectivity index (χ1) is 9.11. The molecule has 0 bridgehead atoms. The molecule has 0 heterocycles. The predicted octanol–water partition coefficient (Wildman–Crippen LogP) is 3.03. The zero-order valence-corrected chi connectivity index (χ0v) is 9.95. The Kier molecular flexibility index (Phi) is 3.62. The normalized spacial score (nSPS) is 9.95. The Morgan fingerprint density at radius 1 is 1.11 bits per heavy atom. The Balaban J connectivity index is 2.14. The van der Waals surface area contributed by atoms with Crippen LogP contribution in [0, 0.1) is 23.0 Å². The summed E-state index contributed by atoms with van der Waals surface area (Å²) in [7, 11) is 0. The summed E-state index contributed by atoms with van der Waals surface area (Å²) in [5, 5.41) is 11.4. The van der Waals surface area contributed by atoms with Gasteiger partial charge in [-0.25, -0.2) is 8.78 Å². The molecular formula is C14H11F2N3. The monoisotopic (exact) mass is 259 g/mol. The highest BCUT2D eigenvalue weighted by molar-refractivity contribution is 5.66. The number of nitrogens with zero attached hydrogens (tertiary/aromatic N) is 1. The highest BCUT2D eigenvalue weighted by Gasteiger charge is 2.11. The number of nitrogens with two attached hydrogens (primary N) is 1. The van der Waals surface area contributed by atoms with Crippen LogP contribution in [0.25, 0.3) is 0 Å². The Labute approximate surface area is 109 Å². The molecule has 0 unspecified atom stereocenters. The Hall–Kier alpha value is -2.61. The van der Waals surface area contributed by atoms with Gasteiger partial charge in [-0.1, -0.05) is 12.1 Å². The van der Waals surface area contributed by atoms with E-state index in [1.165, 1.54) is 6.07 Å². The lowest BCUT2D eigenvalue weighted by atomic mass is 10.1. The average molecular weight is 259 g/mol. The molecule has 96 valence electrons. The quantitative estimate of drug-likeness (QED) is 0.833. The topological polar surface area (TPSA) is 61.8 Å². The summed E-state index contributed by atoms with van der Waals surface area (Å²) in [6, 6.07) is 11.1. The van der Waals surface area contributed by atoms with Crippen LogP contribution in [0.5, 0.6) is 0 Å². The molecular weight excluding hydrogens is 248 g/mol. The van der Waals surface area contributed by atoms with Gasteiger partial charge in [0.05, 0.1) is 23.0 Å². The predicted molar refractivity (Wildman–Crippen MR) is 69.3 cm³/mol. The van der Waals surface area contributed by atoms with Gasteiger partial charge < -0.3 is 11.1 Å². The second-order valence-corrected chi connectivity index (χ2v) is 3.99. The molecule has 2 aromatic carbocycles. The van der Waals surface area contributed by atoms with Gasteiger partial charge in [-0.05, 0) is 29.8 Å². The van der Waals surface area contributed by atoms with Crippen molar-refractivity contribution in [3.05, 3.63) is 59.2 Å². The van der Waals surface area contributed by atoms with E-state index in [1.807, 2.05) is 6.07 Å². The first-order valence-corrected chi connectivity index (χ1v) is 5.58. The molecule has 19 heavy (non-hydrogen) atoms. The standard InChI is InChI=1S/C14H11F2N3/c15-11-5-6-12(18)14(13(11)16)19-8-10-3-1-9(7-17)2-4-10/h1-6,19H,8,18H2. The van der Waals surface area contributed by atoms with Crippen molar-refractivity contribution in [3.63, 3.8) is 0 Å². The highest BCUT2D eigenvalue weighted by atomic mass is 19.2. The van der Waals surface area contributed by atoms with Crippen LogP contribution >= 0.6 is 0 Å². The number of nitrogen functional groups attached to an aromatic ring is 1. The van der Waals surface area contributed by atoms with E-state index < -0.39 is 11.6 Å². The molecule has 2 aromatic rings. The molecule has 0 fully saturated rings. The first-order valence-electron chi connectivity index (χ1n) is 5.58. The van der Waals surface area contributed by atoms with Crippen molar-refractivity contribution in [3.8, 4) is 6.07 Å². The fourth-order valence-corrected chi connectivity index (χ4v) is 1.63. The molecule has 0 atom stereocenters. The molecule has 0 saturated carbocycles. The van der Waals surface area contributed by atoms with Crippen LogP contribution in [-0.4, -0.2) is 0 Å². The summed E-state index contributed by atoms with van der Waals surface area (Å²) in [6.07, 6.45) is 0. The number of nitriles is 1. The van der Waals surface area contributed by atoms with Crippen LogP contribution in [0.1, 0.15) is 11.1 Å². The van der Waals surface area contributed by atoms with Gasteiger partial charge in [-0.3, -0.25) is 0 Å². The molecule has 5 heteroatoms. The van der Waals surface area contributed by atoms with Gasteiger partial charge in [-0.2, -0.15) is 5.26 Å². The Morgan fingerprint density at radius 3 is 2.42 bits per heavy atom. The van der Waals surface area contributed by atoms with Crippen LogP contribution in [0.4, 0.5) is 20.2 Å². The van der Waals surface area contributed by atoms with E-state index in [1.54, 1.807) is 24.3 Å². The molecule has 0 spiro atoms. The third kappa shape index (κ3) is 2.80. The van der Waals surface area contributed by atoms with Crippen LogP contribution in [0.15, 0.2) is 36.4 Å². The van der Waals surface area contributed by atoms with Crippen LogP contribution in [0.2, 0.25) is 0 Å². The number of anilines is 2. The van der Waals surface area contributed by atoms with Crippen LogP contribution < -0.4 is 11.1 Å². The fourth-order valence-electron chi connectivity index (χ4n) is 1.63. The SMILES string of the molecule is N#Cc1ccc(CNc2c(N)ccc(F)c2F)cc1. The van der Waals surface area contributed by atoms with Crippen LogP contribution in [0.3, 0.4) is 0 Å². The number of halogens is 2. The van der Waals surface area contributed by atoms with Crippen molar-refractivity contribution in [2.75, 3.05) is 11.1 Å². The second kappa shape index (κ2) is 5.36. The molecule has 0 aliphatic heterocycles.